The van der Waals surface area contributed by atoms with E-state index in [9.17, 15) is 8.42 Å². The van der Waals surface area contributed by atoms with E-state index in [4.69, 9.17) is 15.0 Å². The molecule has 0 aliphatic rings. The summed E-state index contributed by atoms with van der Waals surface area (Å²) in [4.78, 5) is 2.75. The van der Waals surface area contributed by atoms with Gasteiger partial charge in [-0.3, -0.25) is 9.76 Å². The Kier molecular flexibility index (Phi) is 2.93. The van der Waals surface area contributed by atoms with E-state index in [2.05, 4.69) is 9.27 Å². The molecule has 0 aliphatic heterocycles. The van der Waals surface area contributed by atoms with E-state index in [1.807, 2.05) is 0 Å². The third kappa shape index (κ3) is 5.58. The van der Waals surface area contributed by atoms with Crippen LogP contribution in [-0.2, 0) is 19.7 Å². The molecule has 0 heterocycles. The molecule has 9 heteroatoms. The standard InChI is InChI=1S/H3NO7S/c2-1(7-3)8-9(4,5)6/h2-3H,(H,4,5,6). The Balaban J connectivity index is 3.75. The second kappa shape index (κ2) is 3.03. The molecule has 0 spiro atoms. The maximum absolute atomic E-state index is 9.54. The molecule has 0 atom stereocenters. The average Bonchev–Trinajstić information content (AvgIpc) is 1.62. The zero-order chi connectivity index (χ0) is 7.49. The summed E-state index contributed by atoms with van der Waals surface area (Å²) in [5.74, 6) is 0. The minimum absolute atomic E-state index is 0.949. The average molecular weight is 161 g/mol. The number of hydrogen-bond donors (Lipinski definition) is 3. The van der Waals surface area contributed by atoms with E-state index >= 15 is 0 Å². The molecular formula is H3NO7S. The Morgan fingerprint density at radius 3 is 2.00 bits per heavy atom. The topological polar surface area (TPSA) is 117 Å². The molecule has 0 amide bonds. The summed E-state index contributed by atoms with van der Waals surface area (Å²) in [7, 11) is -4.84. The van der Waals surface area contributed by atoms with E-state index in [1.54, 1.807) is 0 Å². The van der Waals surface area contributed by atoms with Crippen LogP contribution in [0, 0.1) is 0 Å². The first kappa shape index (κ1) is 8.71. The van der Waals surface area contributed by atoms with E-state index in [-0.39, 0.29) is 0 Å². The molecule has 56 valence electrons. The summed E-state index contributed by atoms with van der Waals surface area (Å²) in [6.45, 7) is 0. The zero-order valence-electron chi connectivity index (χ0n) is 3.83. The van der Waals surface area contributed by atoms with Crippen molar-refractivity contribution < 1.29 is 32.7 Å². The van der Waals surface area contributed by atoms with Crippen LogP contribution in [0.15, 0.2) is 0 Å². The second-order valence-corrected chi connectivity index (χ2v) is 1.83. The minimum atomic E-state index is -4.84. The quantitative estimate of drug-likeness (QED) is 0.269. The van der Waals surface area contributed by atoms with Crippen LogP contribution in [-0.4, -0.2) is 28.8 Å². The molecule has 0 saturated carbocycles. The molecule has 3 N–H and O–H groups in total. The second-order valence-electron chi connectivity index (χ2n) is 0.822. The number of rotatable bonds is 3. The molecule has 0 unspecified atom stereocenters. The lowest BCUT2D eigenvalue weighted by molar-refractivity contribution is -0.580. The van der Waals surface area contributed by atoms with Crippen LogP contribution in [0.1, 0.15) is 0 Å². The minimum Gasteiger partial charge on any atom is -0.263 e. The Hall–Kier alpha value is -0.290. The van der Waals surface area contributed by atoms with E-state index in [1.165, 1.54) is 0 Å². The number of hydrogen-bond acceptors (Lipinski definition) is 7. The molecule has 0 aromatic carbocycles. The molecule has 0 aliphatic carbocycles. The van der Waals surface area contributed by atoms with Gasteiger partial charge in [0.05, 0.1) is 0 Å². The predicted molar refractivity (Wildman–Crippen MR) is 20.0 cm³/mol. The third-order valence-electron chi connectivity index (χ3n) is 0.228. The molecule has 0 bridgehead atoms. The van der Waals surface area contributed by atoms with Crippen LogP contribution < -0.4 is 0 Å². The van der Waals surface area contributed by atoms with Gasteiger partial charge >= 0.3 is 10.4 Å². The van der Waals surface area contributed by atoms with Crippen LogP contribution >= 0.6 is 0 Å². The SMILES string of the molecule is O=S(=O)(O)ON(O)OO. The lowest BCUT2D eigenvalue weighted by Crippen LogP contribution is -2.22. The van der Waals surface area contributed by atoms with E-state index in [0.29, 0.717) is 0 Å². The first-order valence-electron chi connectivity index (χ1n) is 1.43. The molecule has 9 heavy (non-hydrogen) atoms. The fourth-order valence-corrected chi connectivity index (χ4v) is 0.283. The van der Waals surface area contributed by atoms with E-state index in [0.717, 1.165) is 0 Å². The van der Waals surface area contributed by atoms with Gasteiger partial charge in [0, 0.05) is 0 Å². The van der Waals surface area contributed by atoms with Gasteiger partial charge in [0.15, 0.2) is 0 Å². The lowest BCUT2D eigenvalue weighted by Gasteiger charge is -2.02. The van der Waals surface area contributed by atoms with Crippen LogP contribution in [0.4, 0.5) is 0 Å². The van der Waals surface area contributed by atoms with Crippen molar-refractivity contribution in [2.45, 2.75) is 0 Å². The van der Waals surface area contributed by atoms with Gasteiger partial charge in [0.25, 0.3) is 0 Å². The van der Waals surface area contributed by atoms with Crippen molar-refractivity contribution in [3.63, 3.8) is 0 Å². The Bertz CT molecular complexity index is 156. The first-order valence-corrected chi connectivity index (χ1v) is 2.80. The van der Waals surface area contributed by atoms with E-state index < -0.39 is 15.8 Å². The van der Waals surface area contributed by atoms with Crippen molar-refractivity contribution in [2.75, 3.05) is 0 Å². The third-order valence-corrected chi connectivity index (χ3v) is 0.544. The van der Waals surface area contributed by atoms with Gasteiger partial charge in [-0.15, -0.1) is 0 Å². The molecule has 0 rings (SSSR count). The maximum atomic E-state index is 9.54. The summed E-state index contributed by atoms with van der Waals surface area (Å²) in [5.41, 5.74) is 0. The van der Waals surface area contributed by atoms with Gasteiger partial charge < -0.3 is 0 Å². The van der Waals surface area contributed by atoms with Crippen molar-refractivity contribution in [1.82, 2.24) is 5.39 Å². The van der Waals surface area contributed by atoms with Gasteiger partial charge in [-0.05, 0) is 0 Å². The van der Waals surface area contributed by atoms with Crippen LogP contribution in [0.2, 0.25) is 0 Å². The van der Waals surface area contributed by atoms with Crippen molar-refractivity contribution in [3.05, 3.63) is 0 Å². The predicted octanol–water partition coefficient (Wildman–Crippen LogP) is -1.18. The summed E-state index contributed by atoms with van der Waals surface area (Å²) >= 11 is 0. The highest BCUT2D eigenvalue weighted by molar-refractivity contribution is 7.80. The highest BCUT2D eigenvalue weighted by Gasteiger charge is 2.11. The highest BCUT2D eigenvalue weighted by atomic mass is 32.3. The molecule has 0 aromatic heterocycles. The van der Waals surface area contributed by atoms with Crippen molar-refractivity contribution in [3.8, 4) is 0 Å². The fraction of sp³-hybridized carbons (Fsp3) is 0. The van der Waals surface area contributed by atoms with Gasteiger partial charge in [-0.1, -0.05) is 9.27 Å². The normalized spacial score (nSPS) is 12.4. The van der Waals surface area contributed by atoms with Gasteiger partial charge in [-0.2, -0.15) is 8.42 Å². The van der Waals surface area contributed by atoms with Crippen LogP contribution in [0.3, 0.4) is 0 Å². The maximum Gasteiger partial charge on any atom is 0.417 e. The van der Waals surface area contributed by atoms with Gasteiger partial charge in [0.2, 0.25) is 0 Å². The molecule has 0 saturated heterocycles. The van der Waals surface area contributed by atoms with Gasteiger partial charge in [-0.25, -0.2) is 5.26 Å². The Labute approximate surface area is 49.6 Å². The summed E-state index contributed by atoms with van der Waals surface area (Å²) < 4.78 is 29.8. The smallest absolute Gasteiger partial charge is 0.263 e. The fourth-order valence-electron chi connectivity index (χ4n) is 0.0942. The summed E-state index contributed by atoms with van der Waals surface area (Å²) in [6.07, 6.45) is 0. The lowest BCUT2D eigenvalue weighted by atomic mass is 13.0. The first-order chi connectivity index (χ1) is 3.95. The highest BCUT2D eigenvalue weighted by Crippen LogP contribution is 1.89. The molecular weight excluding hydrogens is 158 g/mol. The molecule has 8 nitrogen and oxygen atoms in total. The Morgan fingerprint density at radius 1 is 1.44 bits per heavy atom. The largest absolute Gasteiger partial charge is 0.417 e. The van der Waals surface area contributed by atoms with Crippen LogP contribution in [0.5, 0.6) is 0 Å². The summed E-state index contributed by atoms with van der Waals surface area (Å²) in [5, 5.41) is 14.2. The van der Waals surface area contributed by atoms with Gasteiger partial charge in [0.1, 0.15) is 5.39 Å². The monoisotopic (exact) mass is 161 g/mol. The summed E-state index contributed by atoms with van der Waals surface area (Å²) in [6, 6.07) is 0. The molecule has 0 aromatic rings. The Morgan fingerprint density at radius 2 is 1.89 bits per heavy atom. The molecule has 0 radical (unpaired) electrons. The van der Waals surface area contributed by atoms with Crippen molar-refractivity contribution in [2.24, 2.45) is 0 Å². The number of nitrogens with zero attached hydrogens (tertiary/aromatic N) is 1. The van der Waals surface area contributed by atoms with Crippen LogP contribution in [0.25, 0.3) is 0 Å². The van der Waals surface area contributed by atoms with Crippen molar-refractivity contribution >= 4 is 10.4 Å². The zero-order valence-corrected chi connectivity index (χ0v) is 4.65. The van der Waals surface area contributed by atoms with Crippen molar-refractivity contribution in [1.29, 1.82) is 0 Å². The molecule has 0 fully saturated rings.